The Bertz CT molecular complexity index is 709. The summed E-state index contributed by atoms with van der Waals surface area (Å²) >= 11 is 0. The molecule has 1 atom stereocenters. The molecule has 1 aliphatic carbocycles. The molecule has 164 valence electrons. The van der Waals surface area contributed by atoms with Crippen molar-refractivity contribution in [2.24, 2.45) is 11.8 Å². The van der Waals surface area contributed by atoms with Gasteiger partial charge in [0.05, 0.1) is 19.1 Å². The van der Waals surface area contributed by atoms with Gasteiger partial charge >= 0.3 is 0 Å². The van der Waals surface area contributed by atoms with Crippen LogP contribution >= 0.6 is 0 Å². The van der Waals surface area contributed by atoms with Crippen molar-refractivity contribution in [1.82, 2.24) is 10.2 Å². The Morgan fingerprint density at radius 3 is 2.50 bits per heavy atom. The normalized spacial score (nSPS) is 23.5. The Kier molecular flexibility index (Phi) is 7.26. The predicted octanol–water partition coefficient (Wildman–Crippen LogP) is 2.96. The zero-order chi connectivity index (χ0) is 20.8. The Labute approximate surface area is 179 Å². The first-order valence-electron chi connectivity index (χ1n) is 11.7. The van der Waals surface area contributed by atoms with Crippen molar-refractivity contribution in [3.05, 3.63) is 29.8 Å². The summed E-state index contributed by atoms with van der Waals surface area (Å²) in [5.74, 6) is 0.838. The van der Waals surface area contributed by atoms with Gasteiger partial charge in [0.1, 0.15) is 0 Å². The van der Waals surface area contributed by atoms with Gasteiger partial charge in [-0.25, -0.2) is 0 Å². The van der Waals surface area contributed by atoms with Crippen molar-refractivity contribution in [3.8, 4) is 0 Å². The molecule has 1 aromatic rings. The van der Waals surface area contributed by atoms with Gasteiger partial charge in [-0.05, 0) is 42.9 Å². The van der Waals surface area contributed by atoms with E-state index in [1.807, 2.05) is 4.90 Å². The maximum atomic E-state index is 12.8. The average molecular weight is 414 g/mol. The Morgan fingerprint density at radius 2 is 1.77 bits per heavy atom. The van der Waals surface area contributed by atoms with Gasteiger partial charge in [-0.1, -0.05) is 31.4 Å². The van der Waals surface area contributed by atoms with Crippen LogP contribution in [-0.2, 0) is 20.9 Å². The molecule has 6 nitrogen and oxygen atoms in total. The fraction of sp³-hybridized carbons (Fsp3) is 0.667. The molecule has 2 heterocycles. The minimum absolute atomic E-state index is 0.0772. The third-order valence-electron chi connectivity index (χ3n) is 6.85. The van der Waals surface area contributed by atoms with E-state index < -0.39 is 0 Å². The number of morpholine rings is 1. The third-order valence-corrected chi connectivity index (χ3v) is 6.85. The standard InChI is InChI=1S/C24H35N3O3/c28-23-11-8-21(18-27(23)17-20-4-2-1-3-5-20)24(29)25-16-19-6-9-22(10-7-19)26-12-14-30-15-13-26/h6-7,9-10,20-21H,1-5,8,11-18H2,(H,25,29). The second kappa shape index (κ2) is 10.3. The summed E-state index contributed by atoms with van der Waals surface area (Å²) in [6.07, 6.45) is 7.49. The van der Waals surface area contributed by atoms with Gasteiger partial charge in [0.25, 0.3) is 0 Å². The molecule has 3 fully saturated rings. The molecule has 2 saturated heterocycles. The molecule has 4 rings (SSSR count). The van der Waals surface area contributed by atoms with Gasteiger partial charge in [0.15, 0.2) is 0 Å². The van der Waals surface area contributed by atoms with Crippen LogP contribution in [0, 0.1) is 11.8 Å². The second-order valence-electron chi connectivity index (χ2n) is 9.02. The van der Waals surface area contributed by atoms with E-state index >= 15 is 0 Å². The fourth-order valence-electron chi connectivity index (χ4n) is 4.97. The first-order valence-corrected chi connectivity index (χ1v) is 11.7. The number of likely N-dealkylation sites (tertiary alicyclic amines) is 1. The number of hydrogen-bond donors (Lipinski definition) is 1. The molecule has 0 bridgehead atoms. The van der Waals surface area contributed by atoms with Crippen LogP contribution < -0.4 is 10.2 Å². The van der Waals surface area contributed by atoms with E-state index in [-0.39, 0.29) is 17.7 Å². The number of nitrogens with zero attached hydrogens (tertiary/aromatic N) is 2. The highest BCUT2D eigenvalue weighted by Crippen LogP contribution is 2.27. The van der Waals surface area contributed by atoms with E-state index in [4.69, 9.17) is 4.74 Å². The summed E-state index contributed by atoms with van der Waals surface area (Å²) in [5.41, 5.74) is 2.31. The van der Waals surface area contributed by atoms with E-state index in [2.05, 4.69) is 34.5 Å². The number of benzene rings is 1. The molecule has 2 aliphatic heterocycles. The van der Waals surface area contributed by atoms with Crippen molar-refractivity contribution in [3.63, 3.8) is 0 Å². The Hall–Kier alpha value is -2.08. The molecule has 2 amide bonds. The predicted molar refractivity (Wildman–Crippen MR) is 117 cm³/mol. The number of hydrogen-bond acceptors (Lipinski definition) is 4. The van der Waals surface area contributed by atoms with Gasteiger partial charge in [0.2, 0.25) is 11.8 Å². The number of carbonyl (C=O) groups excluding carboxylic acids is 2. The summed E-state index contributed by atoms with van der Waals surface area (Å²) in [6.45, 7) is 5.36. The van der Waals surface area contributed by atoms with E-state index in [1.165, 1.54) is 37.8 Å². The molecular weight excluding hydrogens is 378 g/mol. The molecule has 1 aromatic carbocycles. The van der Waals surface area contributed by atoms with E-state index in [9.17, 15) is 9.59 Å². The van der Waals surface area contributed by atoms with Crippen LogP contribution in [0.25, 0.3) is 0 Å². The van der Waals surface area contributed by atoms with E-state index in [0.717, 1.165) is 38.4 Å². The molecule has 1 unspecified atom stereocenters. The van der Waals surface area contributed by atoms with Crippen molar-refractivity contribution in [2.45, 2.75) is 51.5 Å². The average Bonchev–Trinajstić information content (AvgIpc) is 2.80. The molecular formula is C24H35N3O3. The highest BCUT2D eigenvalue weighted by molar-refractivity contribution is 5.83. The van der Waals surface area contributed by atoms with Crippen molar-refractivity contribution < 1.29 is 14.3 Å². The second-order valence-corrected chi connectivity index (χ2v) is 9.02. The minimum atomic E-state index is -0.0843. The Balaban J connectivity index is 1.25. The van der Waals surface area contributed by atoms with Crippen LogP contribution in [-0.4, -0.2) is 56.1 Å². The van der Waals surface area contributed by atoms with Crippen LogP contribution in [0.15, 0.2) is 24.3 Å². The van der Waals surface area contributed by atoms with Crippen LogP contribution in [0.3, 0.4) is 0 Å². The number of rotatable bonds is 6. The SMILES string of the molecule is O=C(NCc1ccc(N2CCOCC2)cc1)C1CCC(=O)N(CC2CCCCC2)C1. The zero-order valence-corrected chi connectivity index (χ0v) is 18.0. The number of nitrogens with one attached hydrogen (secondary N) is 1. The van der Waals surface area contributed by atoms with Crippen LogP contribution in [0.5, 0.6) is 0 Å². The monoisotopic (exact) mass is 413 g/mol. The van der Waals surface area contributed by atoms with Gasteiger partial charge in [0, 0.05) is 44.8 Å². The number of carbonyl (C=O) groups is 2. The van der Waals surface area contributed by atoms with Crippen LogP contribution in [0.1, 0.15) is 50.5 Å². The summed E-state index contributed by atoms with van der Waals surface area (Å²) in [7, 11) is 0. The number of anilines is 1. The lowest BCUT2D eigenvalue weighted by atomic mass is 9.87. The summed E-state index contributed by atoms with van der Waals surface area (Å²) < 4.78 is 5.41. The zero-order valence-electron chi connectivity index (χ0n) is 18.0. The molecule has 0 aromatic heterocycles. The first kappa shape index (κ1) is 21.2. The smallest absolute Gasteiger partial charge is 0.225 e. The molecule has 3 aliphatic rings. The lowest BCUT2D eigenvalue weighted by Gasteiger charge is -2.35. The lowest BCUT2D eigenvalue weighted by molar-refractivity contribution is -0.139. The summed E-state index contributed by atoms with van der Waals surface area (Å²) in [4.78, 5) is 29.4. The van der Waals surface area contributed by atoms with Crippen LogP contribution in [0.4, 0.5) is 5.69 Å². The van der Waals surface area contributed by atoms with Gasteiger partial charge in [-0.15, -0.1) is 0 Å². The molecule has 30 heavy (non-hydrogen) atoms. The number of amides is 2. The highest BCUT2D eigenvalue weighted by Gasteiger charge is 2.31. The quantitative estimate of drug-likeness (QED) is 0.779. The maximum Gasteiger partial charge on any atom is 0.225 e. The molecule has 0 spiro atoms. The lowest BCUT2D eigenvalue weighted by Crippen LogP contribution is -2.47. The topological polar surface area (TPSA) is 61.9 Å². The molecule has 1 saturated carbocycles. The van der Waals surface area contributed by atoms with Crippen LogP contribution in [0.2, 0.25) is 0 Å². The van der Waals surface area contributed by atoms with Crippen molar-refractivity contribution >= 4 is 17.5 Å². The molecule has 0 radical (unpaired) electrons. The van der Waals surface area contributed by atoms with Crippen molar-refractivity contribution in [2.75, 3.05) is 44.3 Å². The highest BCUT2D eigenvalue weighted by atomic mass is 16.5. The summed E-state index contributed by atoms with van der Waals surface area (Å²) in [5, 5.41) is 3.10. The molecule has 1 N–H and O–H groups in total. The van der Waals surface area contributed by atoms with Gasteiger partial charge in [-0.3, -0.25) is 9.59 Å². The third kappa shape index (κ3) is 5.54. The maximum absolute atomic E-state index is 12.8. The van der Waals surface area contributed by atoms with E-state index in [1.54, 1.807) is 0 Å². The van der Waals surface area contributed by atoms with E-state index in [0.29, 0.717) is 31.8 Å². The molecule has 6 heteroatoms. The van der Waals surface area contributed by atoms with Crippen molar-refractivity contribution in [1.29, 1.82) is 0 Å². The minimum Gasteiger partial charge on any atom is -0.378 e. The number of ether oxygens (including phenoxy) is 1. The fourth-order valence-corrected chi connectivity index (χ4v) is 4.97. The van der Waals surface area contributed by atoms with Gasteiger partial charge < -0.3 is 19.9 Å². The first-order chi connectivity index (χ1) is 14.7. The largest absolute Gasteiger partial charge is 0.378 e. The summed E-state index contributed by atoms with van der Waals surface area (Å²) in [6, 6.07) is 8.42. The van der Waals surface area contributed by atoms with Gasteiger partial charge in [-0.2, -0.15) is 0 Å². The number of piperidine rings is 1. The Morgan fingerprint density at radius 1 is 1.03 bits per heavy atom.